The molecule has 0 N–H and O–H groups in total. The summed E-state index contributed by atoms with van der Waals surface area (Å²) in [4.78, 5) is 1.81. The van der Waals surface area contributed by atoms with Crippen molar-refractivity contribution in [1.29, 1.82) is 0 Å². The quantitative estimate of drug-likeness (QED) is 0.188. The van der Waals surface area contributed by atoms with Crippen LogP contribution in [0.1, 0.15) is 12.3 Å². The molecule has 0 fully saturated rings. The molecule has 0 bridgehead atoms. The highest BCUT2D eigenvalue weighted by Crippen LogP contribution is 2.47. The molecule has 0 radical (unpaired) electrons. The number of rotatable bonds is 4. The summed E-state index contributed by atoms with van der Waals surface area (Å²) in [6.45, 7) is 0. The minimum atomic E-state index is -0.615. The Bertz CT molecular complexity index is 2990. The van der Waals surface area contributed by atoms with Crippen molar-refractivity contribution in [2.24, 2.45) is 0 Å². The lowest BCUT2D eigenvalue weighted by Crippen LogP contribution is -2.11. The fourth-order valence-corrected chi connectivity index (χ4v) is 7.12. The number of hydrogen-bond donors (Lipinski definition) is 0. The van der Waals surface area contributed by atoms with E-state index in [1.807, 2.05) is 53.4 Å². The molecule has 45 heavy (non-hydrogen) atoms. The Labute approximate surface area is 273 Å². The van der Waals surface area contributed by atoms with E-state index in [0.717, 1.165) is 64.6 Å². The van der Waals surface area contributed by atoms with E-state index in [0.29, 0.717) is 11.4 Å². The molecule has 0 saturated carbocycles. The maximum atomic E-state index is 9.59. The van der Waals surface area contributed by atoms with Crippen LogP contribution in [0.2, 0.25) is 0 Å². The molecule has 0 aliphatic carbocycles. The number of hydrogen-bond acceptors (Lipinski definition) is 1. The Morgan fingerprint density at radius 3 is 1.24 bits per heavy atom. The molecule has 0 amide bonds. The van der Waals surface area contributed by atoms with E-state index in [2.05, 4.69) is 60.7 Å². The van der Waals surface area contributed by atoms with Crippen LogP contribution in [-0.2, 0) is 0 Å². The van der Waals surface area contributed by atoms with Crippen molar-refractivity contribution in [3.63, 3.8) is 0 Å². The van der Waals surface area contributed by atoms with Crippen LogP contribution in [-0.4, -0.2) is 0 Å². The molecule has 0 aliphatic heterocycles. The van der Waals surface area contributed by atoms with Gasteiger partial charge in [-0.05, 0) is 89.2 Å². The first kappa shape index (κ1) is 17.4. The average molecular weight is 579 g/mol. The van der Waals surface area contributed by atoms with Crippen molar-refractivity contribution in [2.45, 2.75) is 0 Å². The summed E-state index contributed by atoms with van der Waals surface area (Å²) in [5.74, 6) is 0. The normalized spacial score (nSPS) is 14.8. The van der Waals surface area contributed by atoms with Gasteiger partial charge in [0, 0.05) is 16.5 Å². The van der Waals surface area contributed by atoms with E-state index in [9.17, 15) is 5.48 Å². The molecule has 10 aromatic rings. The van der Waals surface area contributed by atoms with E-state index < -0.39 is 54.4 Å². The van der Waals surface area contributed by atoms with E-state index in [1.54, 1.807) is 0 Å². The molecule has 208 valence electrons. The van der Waals surface area contributed by atoms with Gasteiger partial charge in [0.2, 0.25) is 0 Å². The van der Waals surface area contributed by atoms with Gasteiger partial charge in [-0.15, -0.1) is 0 Å². The monoisotopic (exact) mass is 578 g/mol. The van der Waals surface area contributed by atoms with Crippen LogP contribution < -0.4 is 4.90 Å². The Balaban J connectivity index is 1.35. The molecule has 1 nitrogen and oxygen atoms in total. The first-order chi connectivity index (χ1) is 26.1. The third-order valence-corrected chi connectivity index (χ3v) is 9.08. The second-order valence-electron chi connectivity index (χ2n) is 11.4. The lowest BCUT2D eigenvalue weighted by Gasteiger charge is -2.29. The van der Waals surface area contributed by atoms with Gasteiger partial charge in [0.05, 0.1) is 23.7 Å². The van der Waals surface area contributed by atoms with Gasteiger partial charge in [-0.25, -0.2) is 0 Å². The summed E-state index contributed by atoms with van der Waals surface area (Å²) in [6.07, 6.45) is 0. The third-order valence-electron chi connectivity index (χ3n) is 9.08. The van der Waals surface area contributed by atoms with Crippen LogP contribution in [0.5, 0.6) is 0 Å². The zero-order chi connectivity index (χ0) is 37.3. The van der Waals surface area contributed by atoms with Gasteiger partial charge >= 0.3 is 0 Å². The van der Waals surface area contributed by atoms with Crippen molar-refractivity contribution in [2.75, 3.05) is 4.90 Å². The van der Waals surface area contributed by atoms with Crippen LogP contribution in [0.25, 0.3) is 75.8 Å². The van der Waals surface area contributed by atoms with Gasteiger partial charge < -0.3 is 4.90 Å². The Kier molecular flexibility index (Phi) is 3.59. The lowest BCUT2D eigenvalue weighted by atomic mass is 9.91. The SMILES string of the molecule is [2H]c1c([2H])c([2H])c(-c2c([2H])c([2H])c(N(c3ccc4ccc5cccc6ccc3c4c56)c3ccc4ccc5cccc6ccc3c4c56)c([2H])c2[2H])c([2H])c1[2H]. The van der Waals surface area contributed by atoms with Crippen molar-refractivity contribution in [3.05, 3.63) is 164 Å². The fourth-order valence-electron chi connectivity index (χ4n) is 7.12. The zero-order valence-electron chi connectivity index (χ0n) is 32.8. The maximum Gasteiger partial charge on any atom is 0.0645 e. The molecule has 0 spiro atoms. The Morgan fingerprint density at radius 2 is 0.756 bits per heavy atom. The molecule has 10 aromatic carbocycles. The maximum absolute atomic E-state index is 9.59. The molecule has 0 aliphatic rings. The van der Waals surface area contributed by atoms with Crippen molar-refractivity contribution in [3.8, 4) is 11.1 Å². The largest absolute Gasteiger partial charge is 0.309 e. The number of benzene rings is 10. The second-order valence-corrected chi connectivity index (χ2v) is 11.4. The standard InChI is InChI=1S/C44H27N/c1-2-6-28(7-3-1)29-16-22-36(23-17-29)45(39-26-20-34-14-12-30-8-4-10-32-18-24-37(39)43(34)41(30)32)40-27-21-35-15-13-31-9-5-11-33-19-25-38(40)44(35)42(31)33/h1-27H/i1D,2D,3D,6D,7D,16D,17D,22D,23D. The van der Waals surface area contributed by atoms with Crippen molar-refractivity contribution >= 4 is 81.7 Å². The van der Waals surface area contributed by atoms with Gasteiger partial charge in [-0.3, -0.25) is 0 Å². The first-order valence-electron chi connectivity index (χ1n) is 19.4. The molecule has 0 heterocycles. The minimum Gasteiger partial charge on any atom is -0.309 e. The molecular formula is C44H27N. The van der Waals surface area contributed by atoms with E-state index >= 15 is 0 Å². The van der Waals surface area contributed by atoms with Crippen molar-refractivity contribution < 1.29 is 12.3 Å². The van der Waals surface area contributed by atoms with Gasteiger partial charge in [-0.1, -0.05) is 139 Å². The summed E-state index contributed by atoms with van der Waals surface area (Å²) >= 11 is 0. The van der Waals surface area contributed by atoms with Gasteiger partial charge in [0.15, 0.2) is 0 Å². The number of anilines is 3. The van der Waals surface area contributed by atoms with E-state index in [-0.39, 0.29) is 16.8 Å². The molecule has 0 atom stereocenters. The van der Waals surface area contributed by atoms with Crippen molar-refractivity contribution in [1.82, 2.24) is 0 Å². The van der Waals surface area contributed by atoms with Crippen LogP contribution in [0, 0.1) is 0 Å². The molecule has 0 aromatic heterocycles. The molecule has 0 unspecified atom stereocenters. The summed E-state index contributed by atoms with van der Waals surface area (Å²) < 4.78 is 79.7. The summed E-state index contributed by atoms with van der Waals surface area (Å²) in [5.41, 5.74) is 0.545. The van der Waals surface area contributed by atoms with E-state index in [1.165, 1.54) is 0 Å². The highest BCUT2D eigenvalue weighted by Gasteiger charge is 2.21. The average Bonchev–Trinajstić information content (AvgIpc) is 3.20. The fraction of sp³-hybridized carbons (Fsp3) is 0. The predicted molar refractivity (Wildman–Crippen MR) is 194 cm³/mol. The highest BCUT2D eigenvalue weighted by molar-refractivity contribution is 6.28. The summed E-state index contributed by atoms with van der Waals surface area (Å²) in [5, 5.41) is 12.2. The smallest absolute Gasteiger partial charge is 0.0645 e. The van der Waals surface area contributed by atoms with Crippen LogP contribution in [0.3, 0.4) is 0 Å². The predicted octanol–water partition coefficient (Wildman–Crippen LogP) is 12.6. The first-order valence-corrected chi connectivity index (χ1v) is 14.9. The number of nitrogens with zero attached hydrogens (tertiary/aromatic N) is 1. The van der Waals surface area contributed by atoms with E-state index in [4.69, 9.17) is 6.85 Å². The summed E-state index contributed by atoms with van der Waals surface area (Å²) in [6, 6.07) is 32.0. The Hall–Kier alpha value is -5.92. The zero-order valence-corrected chi connectivity index (χ0v) is 23.8. The van der Waals surface area contributed by atoms with Gasteiger partial charge in [0.1, 0.15) is 0 Å². The van der Waals surface area contributed by atoms with Crippen LogP contribution in [0.15, 0.2) is 164 Å². The van der Waals surface area contributed by atoms with Crippen LogP contribution in [0.4, 0.5) is 17.1 Å². The molecule has 10 rings (SSSR count). The Morgan fingerprint density at radius 1 is 0.356 bits per heavy atom. The van der Waals surface area contributed by atoms with Crippen LogP contribution >= 0.6 is 0 Å². The second kappa shape index (κ2) is 9.29. The lowest BCUT2D eigenvalue weighted by molar-refractivity contribution is 1.32. The molecule has 1 heteroatoms. The minimum absolute atomic E-state index is 0.0221. The summed E-state index contributed by atoms with van der Waals surface area (Å²) in [7, 11) is 0. The third kappa shape index (κ3) is 3.56. The highest BCUT2D eigenvalue weighted by atomic mass is 15.1. The van der Waals surface area contributed by atoms with Gasteiger partial charge in [0.25, 0.3) is 0 Å². The topological polar surface area (TPSA) is 3.24 Å². The molecular weight excluding hydrogens is 542 g/mol. The molecule has 0 saturated heterocycles. The van der Waals surface area contributed by atoms with Gasteiger partial charge in [-0.2, -0.15) is 0 Å².